The quantitative estimate of drug-likeness (QED) is 0.263. The van der Waals surface area contributed by atoms with Crippen molar-refractivity contribution in [3.63, 3.8) is 0 Å². The van der Waals surface area contributed by atoms with Crippen LogP contribution in [0, 0.1) is 0 Å². The van der Waals surface area contributed by atoms with Crippen LogP contribution in [0.5, 0.6) is 0 Å². The Balaban J connectivity index is -0.00000112. The third-order valence-corrected chi connectivity index (χ3v) is 2.06. The molecule has 0 amide bonds. The molecule has 0 aliphatic heterocycles. The first-order chi connectivity index (χ1) is 7.19. The fourth-order valence-corrected chi connectivity index (χ4v) is 1.09. The molecule has 0 saturated carbocycles. The molecule has 0 heterocycles. The normalized spacial score (nSPS) is 15.9. The Morgan fingerprint density at radius 3 is 2.06 bits per heavy atom. The molecule has 0 saturated heterocycles. The summed E-state index contributed by atoms with van der Waals surface area (Å²) in [6.45, 7) is -2.38. The second-order valence-electron chi connectivity index (χ2n) is 2.88. The van der Waals surface area contributed by atoms with Gasteiger partial charge in [-0.3, -0.25) is 4.52 Å². The molecule has 0 aliphatic carbocycles. The molecule has 4 N–H and O–H groups in total. The van der Waals surface area contributed by atoms with Gasteiger partial charge in [-0.1, -0.05) is 6.61 Å². The minimum absolute atomic E-state index is 0. The standard InChI is InChI=1S/C6H11O9P.2Na/c7-1-3(8)5(10)6(11)4(9)2-15-16(12,13)14;;/h4-6,9,11H,1-2H2,(H2,12,13,14);;/q-2;2*+1/t4-,5-,6-;;/m1../s1. The number of phosphoric acid groups is 1. The van der Waals surface area contributed by atoms with Crippen molar-refractivity contribution in [3.8, 4) is 0 Å². The number of Topliss-reactive ketones (excluding diaryl/α,β-unsaturated/α-hetero) is 1. The Kier molecular flexibility index (Phi) is 15.5. The number of phosphoric ester groups is 1. The minimum atomic E-state index is -4.84. The topological polar surface area (TPSA) is 170 Å². The second kappa shape index (κ2) is 11.3. The van der Waals surface area contributed by atoms with E-state index in [1.165, 1.54) is 0 Å². The average molecular weight is 304 g/mol. The molecule has 0 fully saturated rings. The number of hydrogen-bond donors (Lipinski definition) is 4. The Labute approximate surface area is 147 Å². The van der Waals surface area contributed by atoms with Gasteiger partial charge in [0.25, 0.3) is 0 Å². The van der Waals surface area contributed by atoms with E-state index in [1.54, 1.807) is 0 Å². The summed E-state index contributed by atoms with van der Waals surface area (Å²) in [5.74, 6) is -1.36. The van der Waals surface area contributed by atoms with Crippen LogP contribution in [0.15, 0.2) is 0 Å². The maximum Gasteiger partial charge on any atom is 1.00 e. The van der Waals surface area contributed by atoms with E-state index >= 15 is 0 Å². The summed E-state index contributed by atoms with van der Waals surface area (Å²) in [7, 11) is -4.84. The van der Waals surface area contributed by atoms with Crippen molar-refractivity contribution in [2.24, 2.45) is 0 Å². The maximum absolute atomic E-state index is 10.9. The van der Waals surface area contributed by atoms with Crippen LogP contribution in [0.25, 0.3) is 0 Å². The van der Waals surface area contributed by atoms with Gasteiger partial charge in [0.2, 0.25) is 0 Å². The number of aliphatic hydroxyl groups excluding tert-OH is 2. The van der Waals surface area contributed by atoms with Gasteiger partial charge in [0.15, 0.2) is 0 Å². The maximum atomic E-state index is 10.9. The van der Waals surface area contributed by atoms with Crippen LogP contribution in [0.2, 0.25) is 0 Å². The van der Waals surface area contributed by atoms with Crippen LogP contribution < -0.4 is 69.3 Å². The molecule has 9 nitrogen and oxygen atoms in total. The van der Waals surface area contributed by atoms with Crippen LogP contribution in [-0.2, 0) is 13.9 Å². The van der Waals surface area contributed by atoms with Crippen molar-refractivity contribution in [1.82, 2.24) is 0 Å². The molecule has 0 rings (SSSR count). The first-order valence-electron chi connectivity index (χ1n) is 4.02. The number of hydrogen-bond acceptors (Lipinski definition) is 7. The summed E-state index contributed by atoms with van der Waals surface area (Å²) in [6.07, 6.45) is -6.49. The fraction of sp³-hybridized carbons (Fsp3) is 0.833. The SMILES string of the molecule is O=C(C[O-])[C@@H]([O-])[C@H](O)[C@H](O)COP(=O)(O)O.[Na+].[Na+]. The first kappa shape index (κ1) is 24.6. The Morgan fingerprint density at radius 1 is 1.28 bits per heavy atom. The summed E-state index contributed by atoms with van der Waals surface area (Å²) in [4.78, 5) is 27.1. The van der Waals surface area contributed by atoms with Gasteiger partial charge in [0.1, 0.15) is 11.9 Å². The molecule has 18 heavy (non-hydrogen) atoms. The summed E-state index contributed by atoms with van der Waals surface area (Å²) < 4.78 is 14.0. The van der Waals surface area contributed by atoms with Crippen LogP contribution in [0.3, 0.4) is 0 Å². The third-order valence-electron chi connectivity index (χ3n) is 1.58. The van der Waals surface area contributed by atoms with Gasteiger partial charge in [-0.25, -0.2) is 4.57 Å². The Bertz CT molecular complexity index is 282. The number of ketones is 1. The number of carbonyl (C=O) groups excluding carboxylic acids is 1. The van der Waals surface area contributed by atoms with Gasteiger partial charge in [-0.2, -0.15) is 0 Å². The van der Waals surface area contributed by atoms with E-state index in [4.69, 9.17) is 20.0 Å². The zero-order valence-corrected chi connectivity index (χ0v) is 14.8. The van der Waals surface area contributed by atoms with E-state index in [1.807, 2.05) is 0 Å². The largest absolute Gasteiger partial charge is 1.00 e. The molecule has 0 aliphatic rings. The van der Waals surface area contributed by atoms with Crippen LogP contribution >= 0.6 is 7.82 Å². The molecule has 3 atom stereocenters. The molecule has 0 bridgehead atoms. The smallest absolute Gasteiger partial charge is 0.849 e. The Morgan fingerprint density at radius 2 is 1.72 bits per heavy atom. The minimum Gasteiger partial charge on any atom is -0.849 e. The van der Waals surface area contributed by atoms with Crippen molar-refractivity contribution in [2.45, 2.75) is 18.3 Å². The zero-order chi connectivity index (χ0) is 12.9. The van der Waals surface area contributed by atoms with E-state index < -0.39 is 45.1 Å². The number of aliphatic hydroxyl groups is 2. The summed E-state index contributed by atoms with van der Waals surface area (Å²) in [6, 6.07) is 0. The van der Waals surface area contributed by atoms with Crippen molar-refractivity contribution in [2.75, 3.05) is 13.2 Å². The van der Waals surface area contributed by atoms with Gasteiger partial charge in [0.05, 0.1) is 12.7 Å². The third kappa shape index (κ3) is 10.4. The van der Waals surface area contributed by atoms with Crippen molar-refractivity contribution < 1.29 is 103 Å². The molecule has 0 aromatic rings. The van der Waals surface area contributed by atoms with Crippen LogP contribution in [0.1, 0.15) is 0 Å². The molecule has 0 aromatic heterocycles. The predicted octanol–water partition coefficient (Wildman–Crippen LogP) is -10.5. The fourth-order valence-electron chi connectivity index (χ4n) is 0.746. The summed E-state index contributed by atoms with van der Waals surface area (Å²) in [5, 5.41) is 39.0. The van der Waals surface area contributed by atoms with Gasteiger partial charge >= 0.3 is 66.9 Å². The summed E-state index contributed by atoms with van der Waals surface area (Å²) >= 11 is 0. The average Bonchev–Trinajstić information content (AvgIpc) is 2.21. The second-order valence-corrected chi connectivity index (χ2v) is 4.11. The van der Waals surface area contributed by atoms with E-state index in [0.29, 0.717) is 0 Å². The summed E-state index contributed by atoms with van der Waals surface area (Å²) in [5.41, 5.74) is 0. The van der Waals surface area contributed by atoms with Crippen molar-refractivity contribution >= 4 is 13.6 Å². The molecular weight excluding hydrogens is 293 g/mol. The van der Waals surface area contributed by atoms with Crippen LogP contribution in [-0.4, -0.2) is 57.3 Å². The Hall–Kier alpha value is 1.62. The number of carbonyl (C=O) groups is 1. The molecule has 0 spiro atoms. The molecule has 0 radical (unpaired) electrons. The van der Waals surface area contributed by atoms with Gasteiger partial charge < -0.3 is 35.0 Å². The van der Waals surface area contributed by atoms with E-state index in [2.05, 4.69) is 4.52 Å². The van der Waals surface area contributed by atoms with Gasteiger partial charge in [-0.05, 0) is 6.10 Å². The van der Waals surface area contributed by atoms with Crippen molar-refractivity contribution in [3.05, 3.63) is 0 Å². The zero-order valence-electron chi connectivity index (χ0n) is 9.92. The van der Waals surface area contributed by atoms with E-state index in [0.717, 1.165) is 0 Å². The predicted molar refractivity (Wildman–Crippen MR) is 43.7 cm³/mol. The molecule has 0 unspecified atom stereocenters. The van der Waals surface area contributed by atoms with Crippen LogP contribution in [0.4, 0.5) is 0 Å². The van der Waals surface area contributed by atoms with E-state index in [-0.39, 0.29) is 59.1 Å². The van der Waals surface area contributed by atoms with Gasteiger partial charge in [-0.15, -0.1) is 0 Å². The molecule has 0 aromatic carbocycles. The molecular formula is C6H11Na2O9P. The van der Waals surface area contributed by atoms with E-state index in [9.17, 15) is 19.6 Å². The van der Waals surface area contributed by atoms with Crippen molar-refractivity contribution in [1.29, 1.82) is 0 Å². The van der Waals surface area contributed by atoms with Gasteiger partial charge in [0, 0.05) is 0 Å². The molecule has 96 valence electrons. The molecule has 12 heteroatoms. The first-order valence-corrected chi connectivity index (χ1v) is 5.55. The number of rotatable bonds is 7. The monoisotopic (exact) mass is 304 g/mol.